The van der Waals surface area contributed by atoms with Crippen LogP contribution in [0.3, 0.4) is 0 Å². The Morgan fingerprint density at radius 3 is 2.31 bits per heavy atom. The number of aromatic nitrogens is 1. The summed E-state index contributed by atoms with van der Waals surface area (Å²) >= 11 is 0. The minimum Gasteiger partial charge on any atom is -0.383 e. The van der Waals surface area contributed by atoms with Crippen LogP contribution in [0.15, 0.2) is 40.9 Å². The van der Waals surface area contributed by atoms with Crippen LogP contribution in [0.5, 0.6) is 0 Å². The van der Waals surface area contributed by atoms with Gasteiger partial charge >= 0.3 is 0 Å². The standard InChI is InChI=1S/C12H20N2O4.C12H18N2O3.C7H8/c1-8(2)4-9(11(17)12(3)6-18-12)14-10(16)5-13-7-15;1-8(7-16-2)13-12(15)11-6-10(17-14-11)5-9-3-4-9;1-7-5-3-2-4-6-7/h7-9H,4-6H2,1-3H3,(H,13,15)(H,14,16);6,8-9H,3-5,7H2,1-2H3,(H,13,15);2-6H,1H3/t9-,12+;8-;/m01./s1. The average molecular weight is 587 g/mol. The van der Waals surface area contributed by atoms with Crippen LogP contribution >= 0.6 is 0 Å². The summed E-state index contributed by atoms with van der Waals surface area (Å²) in [4.78, 5) is 45.5. The Hall–Kier alpha value is -3.57. The van der Waals surface area contributed by atoms with Gasteiger partial charge in [0.25, 0.3) is 5.91 Å². The number of hydrogen-bond acceptors (Lipinski definition) is 8. The van der Waals surface area contributed by atoms with Crippen molar-refractivity contribution in [1.29, 1.82) is 0 Å². The molecule has 232 valence electrons. The molecule has 2 aliphatic rings. The van der Waals surface area contributed by atoms with E-state index in [9.17, 15) is 19.2 Å². The molecule has 11 nitrogen and oxygen atoms in total. The molecule has 1 aromatic heterocycles. The Bertz CT molecular complexity index is 1130. The van der Waals surface area contributed by atoms with Gasteiger partial charge in [-0.25, -0.2) is 0 Å². The number of ketones is 1. The van der Waals surface area contributed by atoms with Crippen molar-refractivity contribution in [1.82, 2.24) is 21.1 Å². The van der Waals surface area contributed by atoms with Gasteiger partial charge in [0.2, 0.25) is 12.3 Å². The van der Waals surface area contributed by atoms with Crippen molar-refractivity contribution < 1.29 is 33.2 Å². The van der Waals surface area contributed by atoms with Crippen LogP contribution in [0.25, 0.3) is 0 Å². The third kappa shape index (κ3) is 13.4. The van der Waals surface area contributed by atoms with Crippen molar-refractivity contribution in [2.24, 2.45) is 11.8 Å². The molecule has 1 aliphatic heterocycles. The first-order chi connectivity index (χ1) is 20.0. The molecule has 1 aliphatic carbocycles. The topological polar surface area (TPSA) is 152 Å². The van der Waals surface area contributed by atoms with Crippen LogP contribution in [0.4, 0.5) is 0 Å². The Morgan fingerprint density at radius 2 is 1.81 bits per heavy atom. The Labute approximate surface area is 248 Å². The summed E-state index contributed by atoms with van der Waals surface area (Å²) in [6.07, 6.45) is 4.42. The normalized spacial score (nSPS) is 18.3. The molecule has 1 aromatic carbocycles. The number of nitrogens with zero attached hydrogens (tertiary/aromatic N) is 1. The van der Waals surface area contributed by atoms with E-state index in [-0.39, 0.29) is 36.1 Å². The van der Waals surface area contributed by atoms with E-state index in [0.717, 1.165) is 18.1 Å². The van der Waals surface area contributed by atoms with E-state index in [1.54, 1.807) is 20.1 Å². The second-order valence-corrected chi connectivity index (χ2v) is 11.4. The van der Waals surface area contributed by atoms with Crippen LogP contribution in [0, 0.1) is 18.8 Å². The number of ether oxygens (including phenoxy) is 2. The van der Waals surface area contributed by atoms with E-state index in [2.05, 4.69) is 40.2 Å². The number of epoxide rings is 1. The number of rotatable bonds is 14. The van der Waals surface area contributed by atoms with Crippen LogP contribution in [0.2, 0.25) is 0 Å². The molecule has 2 heterocycles. The Kier molecular flexibility index (Phi) is 14.3. The van der Waals surface area contributed by atoms with E-state index in [1.807, 2.05) is 39.0 Å². The lowest BCUT2D eigenvalue weighted by atomic mass is 9.93. The smallest absolute Gasteiger partial charge is 0.273 e. The molecule has 3 amide bonds. The minimum atomic E-state index is -0.745. The lowest BCUT2D eigenvalue weighted by molar-refractivity contribution is -0.130. The summed E-state index contributed by atoms with van der Waals surface area (Å²) in [6, 6.07) is 11.4. The molecule has 0 spiro atoms. The lowest BCUT2D eigenvalue weighted by Gasteiger charge is -2.21. The molecule has 1 saturated heterocycles. The fourth-order valence-electron chi connectivity index (χ4n) is 3.95. The summed E-state index contributed by atoms with van der Waals surface area (Å²) in [5.41, 5.74) is 0.927. The predicted molar refractivity (Wildman–Crippen MR) is 158 cm³/mol. The average Bonchev–Trinajstić information content (AvgIpc) is 3.86. The summed E-state index contributed by atoms with van der Waals surface area (Å²) in [5.74, 6) is 1.13. The first-order valence-electron chi connectivity index (χ1n) is 14.4. The number of aryl methyl sites for hydroxylation is 1. The third-order valence-electron chi connectivity index (χ3n) is 6.52. The maximum atomic E-state index is 12.1. The van der Waals surface area contributed by atoms with Gasteiger partial charge in [-0.15, -0.1) is 0 Å². The van der Waals surface area contributed by atoms with Crippen molar-refractivity contribution in [3.8, 4) is 0 Å². The number of benzene rings is 1. The summed E-state index contributed by atoms with van der Waals surface area (Å²) < 4.78 is 15.2. The summed E-state index contributed by atoms with van der Waals surface area (Å²) in [5, 5.41) is 11.5. The Morgan fingerprint density at radius 1 is 1.14 bits per heavy atom. The number of carbonyl (C=O) groups excluding carboxylic acids is 4. The number of nitrogens with one attached hydrogen (secondary N) is 3. The highest BCUT2D eigenvalue weighted by Gasteiger charge is 2.50. The van der Waals surface area contributed by atoms with E-state index in [1.165, 1.54) is 18.4 Å². The van der Waals surface area contributed by atoms with Gasteiger partial charge in [0, 0.05) is 25.6 Å². The first kappa shape index (κ1) is 34.6. The third-order valence-corrected chi connectivity index (χ3v) is 6.52. The maximum Gasteiger partial charge on any atom is 0.273 e. The van der Waals surface area contributed by atoms with Crippen molar-refractivity contribution >= 4 is 24.0 Å². The second kappa shape index (κ2) is 17.4. The monoisotopic (exact) mass is 586 g/mol. The van der Waals surface area contributed by atoms with Gasteiger partial charge in [-0.3, -0.25) is 19.2 Å². The van der Waals surface area contributed by atoms with Crippen LogP contribution in [-0.2, 0) is 30.3 Å². The number of hydrogen-bond donors (Lipinski definition) is 3. The molecular weight excluding hydrogens is 540 g/mol. The molecule has 1 saturated carbocycles. The van der Waals surface area contributed by atoms with Crippen molar-refractivity contribution in [2.75, 3.05) is 26.9 Å². The highest BCUT2D eigenvalue weighted by Crippen LogP contribution is 2.32. The first-order valence-corrected chi connectivity index (χ1v) is 14.4. The second-order valence-electron chi connectivity index (χ2n) is 11.4. The van der Waals surface area contributed by atoms with Gasteiger partial charge in [0.1, 0.15) is 11.4 Å². The zero-order chi connectivity index (χ0) is 31.1. The molecule has 0 bridgehead atoms. The minimum absolute atomic E-state index is 0.0314. The van der Waals surface area contributed by atoms with Crippen LogP contribution in [0.1, 0.15) is 68.8 Å². The molecule has 2 fully saturated rings. The van der Waals surface area contributed by atoms with Crippen LogP contribution in [-0.4, -0.2) is 73.7 Å². The Balaban J connectivity index is 0.000000239. The van der Waals surface area contributed by atoms with Gasteiger partial charge in [-0.05, 0) is 51.9 Å². The van der Waals surface area contributed by atoms with Gasteiger partial charge in [0.15, 0.2) is 11.5 Å². The summed E-state index contributed by atoms with van der Waals surface area (Å²) in [7, 11) is 1.60. The van der Waals surface area contributed by atoms with Gasteiger partial charge < -0.3 is 29.9 Å². The lowest BCUT2D eigenvalue weighted by Crippen LogP contribution is -2.48. The van der Waals surface area contributed by atoms with Crippen molar-refractivity contribution in [2.45, 2.75) is 78.0 Å². The molecule has 4 rings (SSSR count). The molecule has 2 aromatic rings. The molecule has 0 radical (unpaired) electrons. The maximum absolute atomic E-state index is 12.1. The fraction of sp³-hybridized carbons (Fsp3) is 0.581. The quantitative estimate of drug-likeness (QED) is 0.226. The van der Waals surface area contributed by atoms with E-state index in [4.69, 9.17) is 14.0 Å². The van der Waals surface area contributed by atoms with Gasteiger partial charge in [-0.1, -0.05) is 54.9 Å². The molecular formula is C31H46N4O7. The summed E-state index contributed by atoms with van der Waals surface area (Å²) in [6.45, 7) is 10.4. The molecule has 42 heavy (non-hydrogen) atoms. The number of methoxy groups -OCH3 is 1. The van der Waals surface area contributed by atoms with E-state index < -0.39 is 11.6 Å². The SMILES string of the molecule is CC(C)C[C@H](NC(=O)CNC=O)C(=O)[C@@]1(C)CO1.COC[C@@H](C)NC(=O)c1cc(CC2CC2)on1.Cc1ccccc1. The fourth-order valence-corrected chi connectivity index (χ4v) is 3.95. The highest BCUT2D eigenvalue weighted by molar-refractivity contribution is 5.96. The van der Waals surface area contributed by atoms with E-state index in [0.29, 0.717) is 31.7 Å². The van der Waals surface area contributed by atoms with Crippen molar-refractivity contribution in [3.05, 3.63) is 53.4 Å². The largest absolute Gasteiger partial charge is 0.383 e. The van der Waals surface area contributed by atoms with Crippen LogP contribution < -0.4 is 16.0 Å². The predicted octanol–water partition coefficient (Wildman–Crippen LogP) is 3.01. The number of amides is 3. The van der Waals surface area contributed by atoms with Gasteiger partial charge in [0.05, 0.1) is 25.8 Å². The number of Topliss-reactive ketones (excluding diaryl/α,β-unsaturated/α-hetero) is 1. The van der Waals surface area contributed by atoms with Gasteiger partial charge in [-0.2, -0.15) is 0 Å². The molecule has 3 atom stereocenters. The molecule has 0 unspecified atom stereocenters. The highest BCUT2D eigenvalue weighted by atomic mass is 16.6. The molecule has 11 heteroatoms. The van der Waals surface area contributed by atoms with E-state index >= 15 is 0 Å². The van der Waals surface area contributed by atoms with Crippen molar-refractivity contribution in [3.63, 3.8) is 0 Å². The zero-order valence-electron chi connectivity index (χ0n) is 25.6. The number of carbonyl (C=O) groups is 4. The molecule has 3 N–H and O–H groups in total. The zero-order valence-corrected chi connectivity index (χ0v) is 25.6.